The number of anilines is 1. The van der Waals surface area contributed by atoms with E-state index in [4.69, 9.17) is 4.74 Å². The number of aromatic nitrogens is 1. The SMILES string of the molecule is CC(C)Oc1ccc(CNC(=O)c2ccc(N3CCNC(c4ccccc4)C3)nc2)cc1. The van der Waals surface area contributed by atoms with Crippen LogP contribution >= 0.6 is 0 Å². The Hall–Kier alpha value is -3.38. The number of nitrogens with one attached hydrogen (secondary N) is 2. The molecule has 1 saturated heterocycles. The van der Waals surface area contributed by atoms with Crippen molar-refractivity contribution in [1.82, 2.24) is 15.6 Å². The molecule has 6 nitrogen and oxygen atoms in total. The normalized spacial score (nSPS) is 16.1. The molecule has 3 aromatic rings. The van der Waals surface area contributed by atoms with Gasteiger partial charge in [0, 0.05) is 38.4 Å². The summed E-state index contributed by atoms with van der Waals surface area (Å²) in [6, 6.07) is 22.3. The lowest BCUT2D eigenvalue weighted by Gasteiger charge is -2.34. The van der Waals surface area contributed by atoms with Crippen LogP contribution in [0.2, 0.25) is 0 Å². The Morgan fingerprint density at radius 1 is 1.12 bits per heavy atom. The number of ether oxygens (including phenoxy) is 1. The third-order valence-corrected chi connectivity index (χ3v) is 5.46. The van der Waals surface area contributed by atoms with Crippen molar-refractivity contribution in [2.45, 2.75) is 32.5 Å². The lowest BCUT2D eigenvalue weighted by Crippen LogP contribution is -2.46. The second kappa shape index (κ2) is 10.3. The van der Waals surface area contributed by atoms with Crippen LogP contribution in [-0.4, -0.2) is 36.6 Å². The molecule has 32 heavy (non-hydrogen) atoms. The van der Waals surface area contributed by atoms with Crippen molar-refractivity contribution in [3.05, 3.63) is 89.6 Å². The molecule has 1 amide bonds. The highest BCUT2D eigenvalue weighted by molar-refractivity contribution is 5.94. The van der Waals surface area contributed by atoms with E-state index >= 15 is 0 Å². The minimum absolute atomic E-state index is 0.131. The molecule has 2 N–H and O–H groups in total. The van der Waals surface area contributed by atoms with Gasteiger partial charge >= 0.3 is 0 Å². The Morgan fingerprint density at radius 3 is 2.59 bits per heavy atom. The van der Waals surface area contributed by atoms with E-state index < -0.39 is 0 Å². The van der Waals surface area contributed by atoms with Gasteiger partial charge in [0.05, 0.1) is 11.7 Å². The second-order valence-electron chi connectivity index (χ2n) is 8.26. The van der Waals surface area contributed by atoms with Gasteiger partial charge in [0.1, 0.15) is 11.6 Å². The zero-order chi connectivity index (χ0) is 22.3. The van der Waals surface area contributed by atoms with E-state index in [1.54, 1.807) is 6.20 Å². The van der Waals surface area contributed by atoms with Gasteiger partial charge in [-0.1, -0.05) is 42.5 Å². The summed E-state index contributed by atoms with van der Waals surface area (Å²) in [4.78, 5) is 19.4. The Bertz CT molecular complexity index is 1000. The van der Waals surface area contributed by atoms with E-state index in [0.717, 1.165) is 36.8 Å². The van der Waals surface area contributed by atoms with Crippen LogP contribution in [0.25, 0.3) is 0 Å². The zero-order valence-corrected chi connectivity index (χ0v) is 18.6. The van der Waals surface area contributed by atoms with Crippen molar-refractivity contribution in [3.8, 4) is 5.75 Å². The number of carbonyl (C=O) groups excluding carboxylic acids is 1. The monoisotopic (exact) mass is 430 g/mol. The van der Waals surface area contributed by atoms with E-state index in [1.165, 1.54) is 5.56 Å². The maximum atomic E-state index is 12.6. The summed E-state index contributed by atoms with van der Waals surface area (Å²) in [5.41, 5.74) is 2.85. The van der Waals surface area contributed by atoms with Crippen molar-refractivity contribution < 1.29 is 9.53 Å². The van der Waals surface area contributed by atoms with Gasteiger partial charge in [0.15, 0.2) is 0 Å². The molecule has 1 unspecified atom stereocenters. The number of carbonyl (C=O) groups is 1. The van der Waals surface area contributed by atoms with Crippen LogP contribution in [0.1, 0.15) is 41.4 Å². The van der Waals surface area contributed by atoms with E-state index in [2.05, 4.69) is 44.8 Å². The quantitative estimate of drug-likeness (QED) is 0.594. The molecule has 1 aliphatic heterocycles. The maximum Gasteiger partial charge on any atom is 0.253 e. The van der Waals surface area contributed by atoms with Gasteiger partial charge in [0.25, 0.3) is 5.91 Å². The van der Waals surface area contributed by atoms with Crippen LogP contribution in [0.15, 0.2) is 72.9 Å². The first-order valence-electron chi connectivity index (χ1n) is 11.1. The molecule has 2 aromatic carbocycles. The molecule has 4 rings (SSSR count). The first-order valence-corrected chi connectivity index (χ1v) is 11.1. The van der Waals surface area contributed by atoms with Gasteiger partial charge in [-0.05, 0) is 49.2 Å². The van der Waals surface area contributed by atoms with Crippen molar-refractivity contribution in [3.63, 3.8) is 0 Å². The summed E-state index contributed by atoms with van der Waals surface area (Å²) < 4.78 is 5.65. The topological polar surface area (TPSA) is 66.5 Å². The summed E-state index contributed by atoms with van der Waals surface area (Å²) in [6.07, 6.45) is 1.80. The molecule has 1 fully saturated rings. The van der Waals surface area contributed by atoms with Crippen LogP contribution in [0.3, 0.4) is 0 Å². The van der Waals surface area contributed by atoms with Crippen molar-refractivity contribution in [2.75, 3.05) is 24.5 Å². The van der Waals surface area contributed by atoms with Crippen LogP contribution in [-0.2, 0) is 6.54 Å². The highest BCUT2D eigenvalue weighted by atomic mass is 16.5. The Morgan fingerprint density at radius 2 is 1.91 bits per heavy atom. The van der Waals surface area contributed by atoms with E-state index in [0.29, 0.717) is 12.1 Å². The van der Waals surface area contributed by atoms with Gasteiger partial charge < -0.3 is 20.3 Å². The first-order chi connectivity index (χ1) is 15.6. The molecule has 0 saturated carbocycles. The largest absolute Gasteiger partial charge is 0.491 e. The number of benzene rings is 2. The highest BCUT2D eigenvalue weighted by Crippen LogP contribution is 2.21. The number of hydrogen-bond acceptors (Lipinski definition) is 5. The fourth-order valence-corrected chi connectivity index (χ4v) is 3.82. The summed E-state index contributed by atoms with van der Waals surface area (Å²) in [5.74, 6) is 1.59. The Kier molecular flexibility index (Phi) is 7.02. The molecule has 0 radical (unpaired) electrons. The average Bonchev–Trinajstić information content (AvgIpc) is 2.84. The molecule has 0 bridgehead atoms. The van der Waals surface area contributed by atoms with Gasteiger partial charge in [-0.25, -0.2) is 4.98 Å². The predicted molar refractivity (Wildman–Crippen MR) is 127 cm³/mol. The van der Waals surface area contributed by atoms with Gasteiger partial charge in [0.2, 0.25) is 0 Å². The number of hydrogen-bond donors (Lipinski definition) is 2. The van der Waals surface area contributed by atoms with Crippen LogP contribution in [0, 0.1) is 0 Å². The van der Waals surface area contributed by atoms with Gasteiger partial charge in [-0.15, -0.1) is 0 Å². The highest BCUT2D eigenvalue weighted by Gasteiger charge is 2.21. The van der Waals surface area contributed by atoms with Gasteiger partial charge in [-0.3, -0.25) is 4.79 Å². The summed E-state index contributed by atoms with van der Waals surface area (Å²) in [7, 11) is 0. The average molecular weight is 431 g/mol. The maximum absolute atomic E-state index is 12.6. The van der Waals surface area contributed by atoms with Crippen molar-refractivity contribution >= 4 is 11.7 Å². The van der Waals surface area contributed by atoms with Crippen LogP contribution in [0.5, 0.6) is 5.75 Å². The molecule has 0 aliphatic carbocycles. The molecule has 166 valence electrons. The molecule has 0 spiro atoms. The molecule has 6 heteroatoms. The van der Waals surface area contributed by atoms with E-state index in [1.807, 2.05) is 56.3 Å². The number of pyridine rings is 1. The standard InChI is InChI=1S/C26H30N4O2/c1-19(2)32-23-11-8-20(9-12-23)16-29-26(31)22-10-13-25(28-17-22)30-15-14-27-24(18-30)21-6-4-3-5-7-21/h3-13,17,19,24,27H,14-16,18H2,1-2H3,(H,29,31). The Labute approximate surface area is 189 Å². The van der Waals surface area contributed by atoms with Crippen LogP contribution < -0.4 is 20.3 Å². The van der Waals surface area contributed by atoms with Crippen LogP contribution in [0.4, 0.5) is 5.82 Å². The zero-order valence-electron chi connectivity index (χ0n) is 18.6. The fraction of sp³-hybridized carbons (Fsp3) is 0.308. The minimum Gasteiger partial charge on any atom is -0.491 e. The molecular formula is C26H30N4O2. The number of amides is 1. The second-order valence-corrected chi connectivity index (χ2v) is 8.26. The molecular weight excluding hydrogens is 400 g/mol. The third kappa shape index (κ3) is 5.65. The summed E-state index contributed by atoms with van der Waals surface area (Å²) in [6.45, 7) is 7.08. The Balaban J connectivity index is 1.32. The summed E-state index contributed by atoms with van der Waals surface area (Å²) in [5, 5.41) is 6.53. The number of piperazine rings is 1. The van der Waals surface area contributed by atoms with Crippen molar-refractivity contribution in [1.29, 1.82) is 0 Å². The lowest BCUT2D eigenvalue weighted by molar-refractivity contribution is 0.0950. The predicted octanol–water partition coefficient (Wildman–Crippen LogP) is 3.95. The smallest absolute Gasteiger partial charge is 0.253 e. The van der Waals surface area contributed by atoms with E-state index in [-0.39, 0.29) is 18.1 Å². The number of nitrogens with zero attached hydrogens (tertiary/aromatic N) is 2. The fourth-order valence-electron chi connectivity index (χ4n) is 3.82. The molecule has 2 heterocycles. The molecule has 1 aromatic heterocycles. The molecule has 1 atom stereocenters. The minimum atomic E-state index is -0.131. The summed E-state index contributed by atoms with van der Waals surface area (Å²) >= 11 is 0. The third-order valence-electron chi connectivity index (χ3n) is 5.46. The van der Waals surface area contributed by atoms with E-state index in [9.17, 15) is 4.79 Å². The van der Waals surface area contributed by atoms with Crippen molar-refractivity contribution in [2.24, 2.45) is 0 Å². The van der Waals surface area contributed by atoms with Gasteiger partial charge in [-0.2, -0.15) is 0 Å². The molecule has 1 aliphatic rings. The first kappa shape index (κ1) is 21.8. The number of rotatable bonds is 7. The lowest BCUT2D eigenvalue weighted by atomic mass is 10.0.